The van der Waals surface area contributed by atoms with E-state index < -0.39 is 6.10 Å². The normalized spacial score (nSPS) is 27.4. The molecule has 2 bridgehead atoms. The Morgan fingerprint density at radius 2 is 1.67 bits per heavy atom. The van der Waals surface area contributed by atoms with Gasteiger partial charge in [0, 0.05) is 17.4 Å². The van der Waals surface area contributed by atoms with Crippen LogP contribution in [0.5, 0.6) is 0 Å². The Hall–Kier alpha value is -1.97. The SMILES string of the molecule is Cc1ccc(C(=O)[C@@H](C)OC(=O)C2C[C@H]3CCC[C@@H](C2)C3=O)cc1. The molecule has 4 atom stereocenters. The number of Topliss-reactive ketones (excluding diaryl/α,β-unsaturated/α-hetero) is 2. The molecule has 0 N–H and O–H groups in total. The molecule has 2 fully saturated rings. The molecular weight excluding hydrogens is 304 g/mol. The lowest BCUT2D eigenvalue weighted by Gasteiger charge is -2.36. The van der Waals surface area contributed by atoms with Gasteiger partial charge in [-0.3, -0.25) is 14.4 Å². The first-order valence-corrected chi connectivity index (χ1v) is 8.81. The van der Waals surface area contributed by atoms with E-state index >= 15 is 0 Å². The molecule has 128 valence electrons. The van der Waals surface area contributed by atoms with Crippen LogP contribution in [0, 0.1) is 24.7 Å². The van der Waals surface area contributed by atoms with Gasteiger partial charge in [0.15, 0.2) is 6.10 Å². The average molecular weight is 328 g/mol. The number of aryl methyl sites for hydroxylation is 1. The van der Waals surface area contributed by atoms with Gasteiger partial charge in [-0.05, 0) is 39.5 Å². The molecule has 24 heavy (non-hydrogen) atoms. The molecule has 0 radical (unpaired) electrons. The van der Waals surface area contributed by atoms with Crippen molar-refractivity contribution in [1.29, 1.82) is 0 Å². The van der Waals surface area contributed by atoms with Crippen molar-refractivity contribution in [3.05, 3.63) is 35.4 Å². The Bertz CT molecular complexity index is 630. The fraction of sp³-hybridized carbons (Fsp3) is 0.550. The summed E-state index contributed by atoms with van der Waals surface area (Å²) in [5.41, 5.74) is 1.63. The third-order valence-corrected chi connectivity index (χ3v) is 5.38. The minimum atomic E-state index is -0.794. The fourth-order valence-corrected chi connectivity index (χ4v) is 3.95. The van der Waals surface area contributed by atoms with Crippen LogP contribution in [0.3, 0.4) is 0 Å². The van der Waals surface area contributed by atoms with Gasteiger partial charge < -0.3 is 4.74 Å². The summed E-state index contributed by atoms with van der Waals surface area (Å²) in [5, 5.41) is 0. The minimum Gasteiger partial charge on any atom is -0.454 e. The Morgan fingerprint density at radius 3 is 2.25 bits per heavy atom. The molecule has 0 heterocycles. The number of carbonyl (C=O) groups excluding carboxylic acids is 3. The molecule has 1 aromatic carbocycles. The van der Waals surface area contributed by atoms with E-state index in [1.54, 1.807) is 19.1 Å². The van der Waals surface area contributed by atoms with Crippen molar-refractivity contribution in [2.75, 3.05) is 0 Å². The number of ether oxygens (including phenoxy) is 1. The van der Waals surface area contributed by atoms with Crippen molar-refractivity contribution < 1.29 is 19.1 Å². The predicted molar refractivity (Wildman–Crippen MR) is 89.6 cm³/mol. The van der Waals surface area contributed by atoms with Crippen LogP contribution in [0.15, 0.2) is 24.3 Å². The van der Waals surface area contributed by atoms with Crippen molar-refractivity contribution in [2.45, 2.75) is 52.1 Å². The minimum absolute atomic E-state index is 0.0122. The smallest absolute Gasteiger partial charge is 0.309 e. The Labute approximate surface area is 142 Å². The van der Waals surface area contributed by atoms with Crippen LogP contribution < -0.4 is 0 Å². The first kappa shape index (κ1) is 16.9. The summed E-state index contributed by atoms with van der Waals surface area (Å²) in [6, 6.07) is 7.25. The van der Waals surface area contributed by atoms with Gasteiger partial charge in [0.1, 0.15) is 5.78 Å². The van der Waals surface area contributed by atoms with Crippen molar-refractivity contribution in [3.8, 4) is 0 Å². The van der Waals surface area contributed by atoms with Crippen molar-refractivity contribution >= 4 is 17.5 Å². The van der Waals surface area contributed by atoms with Crippen LogP contribution in [-0.2, 0) is 14.3 Å². The molecule has 4 heteroatoms. The van der Waals surface area contributed by atoms with E-state index in [1.807, 2.05) is 19.1 Å². The summed E-state index contributed by atoms with van der Waals surface area (Å²) >= 11 is 0. The molecule has 2 saturated carbocycles. The van der Waals surface area contributed by atoms with E-state index in [4.69, 9.17) is 4.74 Å². The second-order valence-corrected chi connectivity index (χ2v) is 7.20. The topological polar surface area (TPSA) is 60.4 Å². The van der Waals surface area contributed by atoms with E-state index in [9.17, 15) is 14.4 Å². The van der Waals surface area contributed by atoms with Gasteiger partial charge in [-0.15, -0.1) is 0 Å². The number of fused-ring (bicyclic) bond motifs is 2. The molecule has 0 aliphatic heterocycles. The first-order valence-electron chi connectivity index (χ1n) is 8.81. The van der Waals surface area contributed by atoms with Crippen LogP contribution in [-0.4, -0.2) is 23.6 Å². The zero-order valence-corrected chi connectivity index (χ0v) is 14.3. The van der Waals surface area contributed by atoms with Crippen LogP contribution in [0.4, 0.5) is 0 Å². The summed E-state index contributed by atoms with van der Waals surface area (Å²) < 4.78 is 5.44. The van der Waals surface area contributed by atoms with Gasteiger partial charge in [-0.1, -0.05) is 36.2 Å². The second kappa shape index (κ2) is 6.88. The first-order chi connectivity index (χ1) is 11.5. The third kappa shape index (κ3) is 3.42. The Balaban J connectivity index is 1.61. The summed E-state index contributed by atoms with van der Waals surface area (Å²) in [4.78, 5) is 37.0. The van der Waals surface area contributed by atoms with Crippen LogP contribution in [0.2, 0.25) is 0 Å². The molecule has 2 aliphatic carbocycles. The zero-order valence-electron chi connectivity index (χ0n) is 14.3. The zero-order chi connectivity index (χ0) is 17.3. The largest absolute Gasteiger partial charge is 0.454 e. The maximum atomic E-state index is 12.5. The van der Waals surface area contributed by atoms with E-state index in [0.717, 1.165) is 24.8 Å². The summed E-state index contributed by atoms with van der Waals surface area (Å²) in [6.45, 7) is 3.58. The second-order valence-electron chi connectivity index (χ2n) is 7.20. The Morgan fingerprint density at radius 1 is 1.08 bits per heavy atom. The highest BCUT2D eigenvalue weighted by molar-refractivity contribution is 6.00. The fourth-order valence-electron chi connectivity index (χ4n) is 3.95. The van der Waals surface area contributed by atoms with Crippen molar-refractivity contribution in [2.24, 2.45) is 17.8 Å². The molecule has 2 aliphatic rings. The van der Waals surface area contributed by atoms with Crippen molar-refractivity contribution in [3.63, 3.8) is 0 Å². The molecule has 3 rings (SSSR count). The predicted octanol–water partition coefficient (Wildman–Crippen LogP) is 3.50. The van der Waals surface area contributed by atoms with Gasteiger partial charge in [-0.2, -0.15) is 0 Å². The molecule has 1 aromatic rings. The molecule has 4 nitrogen and oxygen atoms in total. The highest BCUT2D eigenvalue weighted by Gasteiger charge is 2.42. The monoisotopic (exact) mass is 328 g/mol. The average Bonchev–Trinajstić information content (AvgIpc) is 2.54. The summed E-state index contributed by atoms with van der Waals surface area (Å²) in [7, 11) is 0. The number of hydrogen-bond acceptors (Lipinski definition) is 4. The molecular formula is C20H24O4. The number of carbonyl (C=O) groups is 3. The van der Waals surface area contributed by atoms with Crippen molar-refractivity contribution in [1.82, 2.24) is 0 Å². The molecule has 0 amide bonds. The summed E-state index contributed by atoms with van der Waals surface area (Å²) in [6.07, 6.45) is 3.22. The quantitative estimate of drug-likeness (QED) is 0.627. The van der Waals surface area contributed by atoms with E-state index in [0.29, 0.717) is 24.2 Å². The number of benzene rings is 1. The van der Waals surface area contributed by atoms with Gasteiger partial charge in [-0.25, -0.2) is 0 Å². The lowest BCUT2D eigenvalue weighted by atomic mass is 9.67. The van der Waals surface area contributed by atoms with E-state index in [-0.39, 0.29) is 29.5 Å². The van der Waals surface area contributed by atoms with Crippen LogP contribution in [0.25, 0.3) is 0 Å². The van der Waals surface area contributed by atoms with E-state index in [1.165, 1.54) is 0 Å². The highest BCUT2D eigenvalue weighted by Crippen LogP contribution is 2.40. The van der Waals surface area contributed by atoms with Crippen LogP contribution >= 0.6 is 0 Å². The molecule has 0 spiro atoms. The lowest BCUT2D eigenvalue weighted by molar-refractivity contribution is -0.155. The standard InChI is InChI=1S/C20H24O4/c1-12-6-8-14(9-7-12)18(21)13(2)24-20(23)17-10-15-4-3-5-16(11-17)19(15)22/h6-9,13,15-17H,3-5,10-11H2,1-2H3/t13-,15-,16+,17?/m1/s1. The number of rotatable bonds is 4. The highest BCUT2D eigenvalue weighted by atomic mass is 16.5. The van der Waals surface area contributed by atoms with Crippen LogP contribution in [0.1, 0.15) is 54.9 Å². The lowest BCUT2D eigenvalue weighted by Crippen LogP contribution is -2.40. The third-order valence-electron chi connectivity index (χ3n) is 5.38. The maximum Gasteiger partial charge on any atom is 0.309 e. The van der Waals surface area contributed by atoms with E-state index in [2.05, 4.69) is 0 Å². The number of ketones is 2. The summed E-state index contributed by atoms with van der Waals surface area (Å²) in [5.74, 6) is -0.403. The molecule has 0 saturated heterocycles. The molecule has 1 unspecified atom stereocenters. The van der Waals surface area contributed by atoms with Gasteiger partial charge in [0.05, 0.1) is 5.92 Å². The van der Waals surface area contributed by atoms with Gasteiger partial charge in [0.25, 0.3) is 0 Å². The van der Waals surface area contributed by atoms with Gasteiger partial charge in [0.2, 0.25) is 5.78 Å². The number of esters is 1. The Kier molecular flexibility index (Phi) is 4.83. The van der Waals surface area contributed by atoms with Gasteiger partial charge >= 0.3 is 5.97 Å². The maximum absolute atomic E-state index is 12.5. The molecule has 0 aromatic heterocycles. The number of hydrogen-bond donors (Lipinski definition) is 0.